The van der Waals surface area contributed by atoms with Crippen LogP contribution in [0.4, 0.5) is 5.69 Å². The predicted molar refractivity (Wildman–Crippen MR) is 73.5 cm³/mol. The van der Waals surface area contributed by atoms with Crippen molar-refractivity contribution in [2.75, 3.05) is 18.5 Å². The average Bonchev–Trinajstić information content (AvgIpc) is 2.83. The van der Waals surface area contributed by atoms with Gasteiger partial charge >= 0.3 is 0 Å². The highest BCUT2D eigenvalue weighted by atomic mass is 16.5. The Bertz CT molecular complexity index is 525. The molecule has 102 valence electrons. The number of rotatable bonds is 6. The summed E-state index contributed by atoms with van der Waals surface area (Å²) < 4.78 is 7.10. The Morgan fingerprint density at radius 1 is 1.42 bits per heavy atom. The molecule has 0 amide bonds. The second-order valence-electron chi connectivity index (χ2n) is 4.39. The van der Waals surface area contributed by atoms with E-state index in [1.807, 2.05) is 38.1 Å². The Balaban J connectivity index is 2.09. The molecule has 0 aliphatic carbocycles. The molecule has 0 radical (unpaired) electrons. The van der Waals surface area contributed by atoms with Gasteiger partial charge in [-0.2, -0.15) is 4.68 Å². The van der Waals surface area contributed by atoms with E-state index < -0.39 is 0 Å². The maximum Gasteiger partial charge on any atom is 0.153 e. The maximum absolute atomic E-state index is 5.39. The van der Waals surface area contributed by atoms with Gasteiger partial charge in [-0.1, -0.05) is 6.07 Å². The summed E-state index contributed by atoms with van der Waals surface area (Å²) in [5, 5.41) is 14.9. The van der Waals surface area contributed by atoms with Crippen LogP contribution in [-0.4, -0.2) is 39.5 Å². The van der Waals surface area contributed by atoms with E-state index in [4.69, 9.17) is 4.74 Å². The molecule has 0 spiro atoms. The van der Waals surface area contributed by atoms with Gasteiger partial charge in [0.05, 0.1) is 12.3 Å². The fraction of sp³-hybridized carbons (Fsp3) is 0.462. The van der Waals surface area contributed by atoms with Crippen molar-refractivity contribution in [3.05, 3.63) is 30.1 Å². The van der Waals surface area contributed by atoms with Crippen LogP contribution in [-0.2, 0) is 4.74 Å². The second kappa shape index (κ2) is 6.29. The Labute approximate surface area is 112 Å². The first-order chi connectivity index (χ1) is 9.20. The Morgan fingerprint density at radius 3 is 2.95 bits per heavy atom. The van der Waals surface area contributed by atoms with E-state index in [2.05, 4.69) is 27.8 Å². The number of tetrazole rings is 1. The van der Waals surface area contributed by atoms with Crippen LogP contribution in [0.5, 0.6) is 0 Å². The molecule has 6 nitrogen and oxygen atoms in total. The third kappa shape index (κ3) is 3.51. The standard InChI is InChI=1S/C13H19N5O/c1-4-19-9-10(2)14-12-6-5-7-13(8-12)18-11(3)15-16-17-18/h5-8,10,14H,4,9H2,1-3H3. The van der Waals surface area contributed by atoms with Gasteiger partial charge in [0.1, 0.15) is 0 Å². The molecule has 1 heterocycles. The minimum absolute atomic E-state index is 0.255. The number of nitrogens with one attached hydrogen (secondary N) is 1. The molecule has 0 saturated heterocycles. The van der Waals surface area contributed by atoms with E-state index in [9.17, 15) is 0 Å². The zero-order valence-electron chi connectivity index (χ0n) is 11.5. The lowest BCUT2D eigenvalue weighted by atomic mass is 10.2. The van der Waals surface area contributed by atoms with E-state index in [-0.39, 0.29) is 6.04 Å². The zero-order valence-corrected chi connectivity index (χ0v) is 11.5. The van der Waals surface area contributed by atoms with E-state index in [0.29, 0.717) is 6.61 Å². The molecule has 0 bridgehead atoms. The number of hydrogen-bond acceptors (Lipinski definition) is 5. The van der Waals surface area contributed by atoms with Crippen LogP contribution in [0.3, 0.4) is 0 Å². The van der Waals surface area contributed by atoms with Crippen molar-refractivity contribution >= 4 is 5.69 Å². The number of benzene rings is 1. The van der Waals surface area contributed by atoms with Gasteiger partial charge in [-0.25, -0.2) is 0 Å². The molecule has 6 heteroatoms. The van der Waals surface area contributed by atoms with Crippen LogP contribution in [0.2, 0.25) is 0 Å². The van der Waals surface area contributed by atoms with Gasteiger partial charge in [0.25, 0.3) is 0 Å². The lowest BCUT2D eigenvalue weighted by Gasteiger charge is -2.15. The van der Waals surface area contributed by atoms with Crippen molar-refractivity contribution < 1.29 is 4.74 Å². The highest BCUT2D eigenvalue weighted by molar-refractivity contribution is 5.51. The monoisotopic (exact) mass is 261 g/mol. The first kappa shape index (κ1) is 13.5. The predicted octanol–water partition coefficient (Wildman–Crippen LogP) is 1.81. The highest BCUT2D eigenvalue weighted by Gasteiger charge is 2.06. The van der Waals surface area contributed by atoms with Crippen molar-refractivity contribution in [1.29, 1.82) is 0 Å². The summed E-state index contributed by atoms with van der Waals surface area (Å²) >= 11 is 0. The minimum Gasteiger partial charge on any atom is -0.380 e. The van der Waals surface area contributed by atoms with Crippen LogP contribution >= 0.6 is 0 Å². The summed E-state index contributed by atoms with van der Waals surface area (Å²) in [6.45, 7) is 7.37. The SMILES string of the molecule is CCOCC(C)Nc1cccc(-n2nnnc2C)c1. The molecule has 1 N–H and O–H groups in total. The summed E-state index contributed by atoms with van der Waals surface area (Å²) in [5.74, 6) is 0.763. The van der Waals surface area contributed by atoms with Gasteiger partial charge in [0, 0.05) is 18.3 Å². The molecule has 1 unspecified atom stereocenters. The number of ether oxygens (including phenoxy) is 1. The van der Waals surface area contributed by atoms with E-state index in [0.717, 1.165) is 23.8 Å². The van der Waals surface area contributed by atoms with Crippen LogP contribution in [0, 0.1) is 6.92 Å². The molecule has 0 fully saturated rings. The fourth-order valence-corrected chi connectivity index (χ4v) is 1.82. The lowest BCUT2D eigenvalue weighted by Crippen LogP contribution is -2.21. The molecule has 0 aliphatic heterocycles. The average molecular weight is 261 g/mol. The van der Waals surface area contributed by atoms with Crippen molar-refractivity contribution in [3.8, 4) is 5.69 Å². The molecular weight excluding hydrogens is 242 g/mol. The van der Waals surface area contributed by atoms with Gasteiger partial charge < -0.3 is 10.1 Å². The number of hydrogen-bond donors (Lipinski definition) is 1. The molecular formula is C13H19N5O. The molecule has 19 heavy (non-hydrogen) atoms. The van der Waals surface area contributed by atoms with Crippen molar-refractivity contribution in [2.45, 2.75) is 26.8 Å². The van der Waals surface area contributed by atoms with Crippen molar-refractivity contribution in [1.82, 2.24) is 20.2 Å². The van der Waals surface area contributed by atoms with Gasteiger partial charge in [-0.15, -0.1) is 5.10 Å². The number of nitrogens with zero attached hydrogens (tertiary/aromatic N) is 4. The molecule has 1 aromatic heterocycles. The minimum atomic E-state index is 0.255. The normalized spacial score (nSPS) is 12.4. The second-order valence-corrected chi connectivity index (χ2v) is 4.39. The molecule has 2 rings (SSSR count). The largest absolute Gasteiger partial charge is 0.380 e. The number of anilines is 1. The van der Waals surface area contributed by atoms with Crippen molar-refractivity contribution in [3.63, 3.8) is 0 Å². The number of aromatic nitrogens is 4. The number of aryl methyl sites for hydroxylation is 1. The lowest BCUT2D eigenvalue weighted by molar-refractivity contribution is 0.141. The van der Waals surface area contributed by atoms with Crippen molar-refractivity contribution in [2.24, 2.45) is 0 Å². The summed E-state index contributed by atoms with van der Waals surface area (Å²) in [5.41, 5.74) is 1.97. The third-order valence-corrected chi connectivity index (χ3v) is 2.70. The van der Waals surface area contributed by atoms with Crippen LogP contribution in [0.15, 0.2) is 24.3 Å². The summed E-state index contributed by atoms with van der Waals surface area (Å²) in [6, 6.07) is 8.25. The molecule has 1 atom stereocenters. The quantitative estimate of drug-likeness (QED) is 0.859. The molecule has 0 saturated carbocycles. The van der Waals surface area contributed by atoms with Gasteiger partial charge in [-0.3, -0.25) is 0 Å². The van der Waals surface area contributed by atoms with E-state index in [1.54, 1.807) is 4.68 Å². The summed E-state index contributed by atoms with van der Waals surface area (Å²) in [7, 11) is 0. The zero-order chi connectivity index (χ0) is 13.7. The molecule has 1 aromatic carbocycles. The van der Waals surface area contributed by atoms with Gasteiger partial charge in [0.15, 0.2) is 5.82 Å². The summed E-state index contributed by atoms with van der Waals surface area (Å²) in [6.07, 6.45) is 0. The van der Waals surface area contributed by atoms with Crippen LogP contribution < -0.4 is 5.32 Å². The Hall–Kier alpha value is -1.95. The first-order valence-electron chi connectivity index (χ1n) is 6.40. The van der Waals surface area contributed by atoms with Crippen LogP contribution in [0.1, 0.15) is 19.7 Å². The Kier molecular flexibility index (Phi) is 4.46. The van der Waals surface area contributed by atoms with Gasteiger partial charge in [0.2, 0.25) is 0 Å². The molecule has 2 aromatic rings. The summed E-state index contributed by atoms with van der Waals surface area (Å²) in [4.78, 5) is 0. The third-order valence-electron chi connectivity index (χ3n) is 2.70. The maximum atomic E-state index is 5.39. The fourth-order valence-electron chi connectivity index (χ4n) is 1.82. The smallest absolute Gasteiger partial charge is 0.153 e. The first-order valence-corrected chi connectivity index (χ1v) is 6.40. The van der Waals surface area contributed by atoms with Crippen LogP contribution in [0.25, 0.3) is 5.69 Å². The topological polar surface area (TPSA) is 64.9 Å². The highest BCUT2D eigenvalue weighted by Crippen LogP contribution is 2.15. The van der Waals surface area contributed by atoms with E-state index in [1.165, 1.54) is 0 Å². The van der Waals surface area contributed by atoms with Gasteiger partial charge in [-0.05, 0) is 49.4 Å². The van der Waals surface area contributed by atoms with E-state index >= 15 is 0 Å². The molecule has 0 aliphatic rings. The Morgan fingerprint density at radius 2 is 2.26 bits per heavy atom.